The molecular weight excluding hydrogens is 464 g/mol. The summed E-state index contributed by atoms with van der Waals surface area (Å²) >= 11 is 1.81. The molecule has 144 valence electrons. The van der Waals surface area contributed by atoms with Gasteiger partial charge in [0, 0.05) is 34.3 Å². The van der Waals surface area contributed by atoms with Crippen LogP contribution in [0.15, 0.2) is 35.3 Å². The van der Waals surface area contributed by atoms with E-state index in [2.05, 4.69) is 41.6 Å². The maximum absolute atomic E-state index is 13.5. The zero-order valence-electron chi connectivity index (χ0n) is 15.4. The van der Waals surface area contributed by atoms with E-state index in [0.29, 0.717) is 12.1 Å². The molecule has 3 N–H and O–H groups in total. The van der Waals surface area contributed by atoms with Crippen molar-refractivity contribution in [3.05, 3.63) is 57.0 Å². The molecule has 1 heterocycles. The van der Waals surface area contributed by atoms with Crippen LogP contribution in [-0.2, 0) is 19.6 Å². The predicted octanol–water partition coefficient (Wildman–Crippen LogP) is 3.99. The summed E-state index contributed by atoms with van der Waals surface area (Å²) in [6.07, 6.45) is 0.939. The van der Waals surface area contributed by atoms with Crippen molar-refractivity contribution < 1.29 is 9.50 Å². The van der Waals surface area contributed by atoms with Crippen molar-refractivity contribution in [2.24, 2.45) is 4.99 Å². The highest BCUT2D eigenvalue weighted by atomic mass is 127. The number of aliphatic imine (C=N–C) groups is 1. The summed E-state index contributed by atoms with van der Waals surface area (Å²) in [5, 5.41) is 15.8. The van der Waals surface area contributed by atoms with E-state index in [1.807, 2.05) is 18.3 Å². The molecule has 0 aliphatic heterocycles. The van der Waals surface area contributed by atoms with Gasteiger partial charge >= 0.3 is 0 Å². The number of rotatable bonds is 7. The Morgan fingerprint density at radius 3 is 2.69 bits per heavy atom. The first-order valence-electron chi connectivity index (χ1n) is 8.50. The van der Waals surface area contributed by atoms with Crippen molar-refractivity contribution in [1.29, 1.82) is 0 Å². The monoisotopic (exact) mass is 491 g/mol. The topological polar surface area (TPSA) is 56.7 Å². The van der Waals surface area contributed by atoms with Crippen molar-refractivity contribution in [3.8, 4) is 0 Å². The van der Waals surface area contributed by atoms with Gasteiger partial charge < -0.3 is 15.7 Å². The van der Waals surface area contributed by atoms with Crippen LogP contribution in [0.4, 0.5) is 4.39 Å². The molecular formula is C19H27FIN3OS. The van der Waals surface area contributed by atoms with Crippen LogP contribution in [0.3, 0.4) is 0 Å². The van der Waals surface area contributed by atoms with Gasteiger partial charge in [-0.1, -0.05) is 6.07 Å². The van der Waals surface area contributed by atoms with Crippen LogP contribution in [-0.4, -0.2) is 23.7 Å². The Balaban J connectivity index is 0.00000338. The molecule has 26 heavy (non-hydrogen) atoms. The zero-order chi connectivity index (χ0) is 18.2. The summed E-state index contributed by atoms with van der Waals surface area (Å²) in [5.74, 6) is 0.346. The number of nitrogens with one attached hydrogen (secondary N) is 2. The molecule has 2 rings (SSSR count). The van der Waals surface area contributed by atoms with E-state index < -0.39 is 0 Å². The number of hydrogen-bond acceptors (Lipinski definition) is 3. The Bertz CT molecular complexity index is 721. The van der Waals surface area contributed by atoms with E-state index in [1.54, 1.807) is 12.1 Å². The lowest BCUT2D eigenvalue weighted by Crippen LogP contribution is -2.43. The molecule has 0 radical (unpaired) electrons. The summed E-state index contributed by atoms with van der Waals surface area (Å²) < 4.78 is 13.5. The van der Waals surface area contributed by atoms with Crippen molar-refractivity contribution in [3.63, 3.8) is 0 Å². The van der Waals surface area contributed by atoms with Gasteiger partial charge in [-0.25, -0.2) is 9.38 Å². The first kappa shape index (κ1) is 22.9. The highest BCUT2D eigenvalue weighted by Crippen LogP contribution is 2.16. The van der Waals surface area contributed by atoms with Crippen LogP contribution in [0, 0.1) is 12.7 Å². The van der Waals surface area contributed by atoms with Gasteiger partial charge in [-0.3, -0.25) is 0 Å². The quantitative estimate of drug-likeness (QED) is 0.312. The number of guanidine groups is 1. The third-order valence-corrected chi connectivity index (χ3v) is 4.75. The minimum absolute atomic E-state index is 0. The van der Waals surface area contributed by atoms with Crippen molar-refractivity contribution in [2.75, 3.05) is 6.54 Å². The highest BCUT2D eigenvalue weighted by molar-refractivity contribution is 14.0. The fourth-order valence-electron chi connectivity index (χ4n) is 2.52. The standard InChI is InChI=1S/C19H26FN3OS.HI/c1-4-21-19(23-13(2)9-17-7-5-14(3)25-17)22-11-15-6-8-18(20)16(10-15)12-24;/h5-8,10,13,24H,4,9,11-12H2,1-3H3,(H2,21,22,23);1H. The molecule has 1 unspecified atom stereocenters. The van der Waals surface area contributed by atoms with Crippen LogP contribution >= 0.6 is 35.3 Å². The van der Waals surface area contributed by atoms with E-state index in [9.17, 15) is 4.39 Å². The van der Waals surface area contributed by atoms with E-state index in [-0.39, 0.29) is 42.4 Å². The van der Waals surface area contributed by atoms with E-state index in [4.69, 9.17) is 5.11 Å². The number of aryl methyl sites for hydroxylation is 1. The smallest absolute Gasteiger partial charge is 0.191 e. The third-order valence-electron chi connectivity index (χ3n) is 3.73. The summed E-state index contributed by atoms with van der Waals surface area (Å²) in [7, 11) is 0. The van der Waals surface area contributed by atoms with Crippen LogP contribution in [0.2, 0.25) is 0 Å². The molecule has 0 saturated carbocycles. The molecule has 0 spiro atoms. The molecule has 0 saturated heterocycles. The fourth-order valence-corrected chi connectivity index (χ4v) is 3.54. The summed E-state index contributed by atoms with van der Waals surface area (Å²) in [6.45, 7) is 7.14. The number of thiophene rings is 1. The fraction of sp³-hybridized carbons (Fsp3) is 0.421. The number of benzene rings is 1. The lowest BCUT2D eigenvalue weighted by atomic mass is 10.1. The van der Waals surface area contributed by atoms with E-state index in [1.165, 1.54) is 15.8 Å². The second kappa shape index (κ2) is 11.5. The van der Waals surface area contributed by atoms with Gasteiger partial charge in [-0.15, -0.1) is 35.3 Å². The molecule has 1 aromatic carbocycles. The minimum Gasteiger partial charge on any atom is -0.392 e. The van der Waals surface area contributed by atoms with Crippen molar-refractivity contribution in [1.82, 2.24) is 10.6 Å². The summed E-state index contributed by atoms with van der Waals surface area (Å²) in [6, 6.07) is 9.27. The number of nitrogens with zero attached hydrogens (tertiary/aromatic N) is 1. The predicted molar refractivity (Wildman–Crippen MR) is 118 cm³/mol. The van der Waals surface area contributed by atoms with Crippen LogP contribution in [0.25, 0.3) is 0 Å². The van der Waals surface area contributed by atoms with Gasteiger partial charge in [0.05, 0.1) is 13.2 Å². The first-order valence-corrected chi connectivity index (χ1v) is 9.31. The van der Waals surface area contributed by atoms with Gasteiger partial charge in [0.25, 0.3) is 0 Å². The Hall–Kier alpha value is -1.19. The Morgan fingerprint density at radius 2 is 2.08 bits per heavy atom. The van der Waals surface area contributed by atoms with Gasteiger partial charge in [0.15, 0.2) is 5.96 Å². The van der Waals surface area contributed by atoms with E-state index in [0.717, 1.165) is 24.5 Å². The normalized spacial score (nSPS) is 12.4. The van der Waals surface area contributed by atoms with Gasteiger partial charge in [-0.2, -0.15) is 0 Å². The van der Waals surface area contributed by atoms with Crippen LogP contribution < -0.4 is 10.6 Å². The molecule has 0 aliphatic rings. The van der Waals surface area contributed by atoms with Gasteiger partial charge in [-0.05, 0) is 50.6 Å². The van der Waals surface area contributed by atoms with Gasteiger partial charge in [0.1, 0.15) is 5.82 Å². The molecule has 2 aromatic rings. The van der Waals surface area contributed by atoms with E-state index >= 15 is 0 Å². The molecule has 7 heteroatoms. The maximum atomic E-state index is 13.5. The minimum atomic E-state index is -0.389. The number of halogens is 2. The van der Waals surface area contributed by atoms with Crippen molar-refractivity contribution in [2.45, 2.75) is 46.4 Å². The second-order valence-corrected chi connectivity index (χ2v) is 7.41. The number of hydrogen-bond donors (Lipinski definition) is 3. The summed E-state index contributed by atoms with van der Waals surface area (Å²) in [4.78, 5) is 7.23. The molecule has 1 atom stereocenters. The Kier molecular flexibility index (Phi) is 10.1. The van der Waals surface area contributed by atoms with Crippen molar-refractivity contribution >= 4 is 41.3 Å². The van der Waals surface area contributed by atoms with Crippen LogP contribution in [0.5, 0.6) is 0 Å². The Morgan fingerprint density at radius 1 is 1.31 bits per heavy atom. The average Bonchev–Trinajstić information content (AvgIpc) is 2.98. The lowest BCUT2D eigenvalue weighted by molar-refractivity contribution is 0.275. The maximum Gasteiger partial charge on any atom is 0.191 e. The molecule has 0 amide bonds. The number of aliphatic hydroxyl groups excluding tert-OH is 1. The van der Waals surface area contributed by atoms with Gasteiger partial charge in [0.2, 0.25) is 0 Å². The molecule has 1 aromatic heterocycles. The highest BCUT2D eigenvalue weighted by Gasteiger charge is 2.08. The SMILES string of the molecule is CCNC(=NCc1ccc(F)c(CO)c1)NC(C)Cc1ccc(C)s1.I. The number of aliphatic hydroxyl groups is 1. The third kappa shape index (κ3) is 7.20. The first-order chi connectivity index (χ1) is 12.0. The molecule has 0 aliphatic carbocycles. The molecule has 4 nitrogen and oxygen atoms in total. The molecule has 0 bridgehead atoms. The average molecular weight is 491 g/mol. The molecule has 0 fully saturated rings. The second-order valence-electron chi connectivity index (χ2n) is 6.04. The Labute approximate surface area is 176 Å². The van der Waals surface area contributed by atoms with Crippen LogP contribution in [0.1, 0.15) is 34.7 Å². The zero-order valence-corrected chi connectivity index (χ0v) is 18.5. The summed E-state index contributed by atoms with van der Waals surface area (Å²) in [5.41, 5.74) is 1.16. The largest absolute Gasteiger partial charge is 0.392 e. The lowest BCUT2D eigenvalue weighted by Gasteiger charge is -2.17.